The molecule has 122 valence electrons. The van der Waals surface area contributed by atoms with Crippen molar-refractivity contribution in [1.82, 2.24) is 0 Å². The van der Waals surface area contributed by atoms with Crippen LogP contribution < -0.4 is 5.43 Å². The molecule has 1 aromatic heterocycles. The number of nitrogens with zero attached hydrogens (tertiary/aromatic N) is 1. The van der Waals surface area contributed by atoms with Crippen LogP contribution in [0.5, 0.6) is 0 Å². The molecule has 1 amide bonds. The molecule has 5 nitrogen and oxygen atoms in total. The standard InChI is InChI=1S/C19H17NO4/c1-10-7-13(9-16(21)20(4)23)19-15(8-10)17(22)14-6-5-11(2)12(3)18(14)24-19/h5-8H,4,9H2,1-3H3. The monoisotopic (exact) mass is 323 g/mol. The number of carbonyl (C=O) groups excluding carboxylic acids is 1. The minimum Gasteiger partial charge on any atom is -0.617 e. The molecule has 0 aliphatic heterocycles. The van der Waals surface area contributed by atoms with Crippen molar-refractivity contribution in [3.05, 3.63) is 61.9 Å². The van der Waals surface area contributed by atoms with Gasteiger partial charge >= 0.3 is 5.91 Å². The molecule has 5 heteroatoms. The van der Waals surface area contributed by atoms with Gasteiger partial charge in [-0.3, -0.25) is 4.79 Å². The lowest BCUT2D eigenvalue weighted by Crippen LogP contribution is -2.16. The van der Waals surface area contributed by atoms with E-state index in [9.17, 15) is 14.8 Å². The van der Waals surface area contributed by atoms with Gasteiger partial charge in [-0.2, -0.15) is 0 Å². The third-order valence-electron chi connectivity index (χ3n) is 4.30. The Kier molecular flexibility index (Phi) is 3.72. The maximum absolute atomic E-state index is 12.8. The van der Waals surface area contributed by atoms with Gasteiger partial charge in [0.1, 0.15) is 24.3 Å². The summed E-state index contributed by atoms with van der Waals surface area (Å²) in [4.78, 5) is 24.6. The molecular formula is C19H17NO4. The maximum atomic E-state index is 12.8. The summed E-state index contributed by atoms with van der Waals surface area (Å²) < 4.78 is 6.06. The van der Waals surface area contributed by atoms with E-state index < -0.39 is 5.91 Å². The van der Waals surface area contributed by atoms with E-state index in [0.29, 0.717) is 27.5 Å². The average Bonchev–Trinajstić information content (AvgIpc) is 2.52. The fourth-order valence-electron chi connectivity index (χ4n) is 2.87. The Hall–Kier alpha value is -2.95. The summed E-state index contributed by atoms with van der Waals surface area (Å²) >= 11 is 0. The van der Waals surface area contributed by atoms with Gasteiger partial charge in [0.2, 0.25) is 5.43 Å². The minimum absolute atomic E-state index is 0.0444. The molecule has 0 bridgehead atoms. The molecule has 0 unspecified atom stereocenters. The molecule has 0 spiro atoms. The van der Waals surface area contributed by atoms with E-state index >= 15 is 0 Å². The van der Waals surface area contributed by atoms with Gasteiger partial charge in [-0.15, -0.1) is 4.74 Å². The number of hydroxylamine groups is 1. The van der Waals surface area contributed by atoms with Crippen molar-refractivity contribution in [3.8, 4) is 0 Å². The predicted octanol–water partition coefficient (Wildman–Crippen LogP) is 3.15. The van der Waals surface area contributed by atoms with Crippen molar-refractivity contribution in [2.24, 2.45) is 0 Å². The highest BCUT2D eigenvalue weighted by atomic mass is 16.5. The average molecular weight is 323 g/mol. The lowest BCUT2D eigenvalue weighted by Gasteiger charge is -2.10. The molecule has 1 heterocycles. The molecule has 0 atom stereocenters. The van der Waals surface area contributed by atoms with Crippen molar-refractivity contribution < 1.29 is 14.0 Å². The molecule has 0 radical (unpaired) electrons. The Morgan fingerprint density at radius 2 is 1.88 bits per heavy atom. The number of carbonyl (C=O) groups is 1. The lowest BCUT2D eigenvalue weighted by atomic mass is 10.0. The minimum atomic E-state index is -0.689. The lowest BCUT2D eigenvalue weighted by molar-refractivity contribution is -0.373. The van der Waals surface area contributed by atoms with Crippen molar-refractivity contribution in [3.63, 3.8) is 0 Å². The topological polar surface area (TPSA) is 73.3 Å². The number of aryl methyl sites for hydroxylation is 3. The number of rotatable bonds is 2. The summed E-state index contributed by atoms with van der Waals surface area (Å²) in [5, 5.41) is 12.0. The zero-order valence-electron chi connectivity index (χ0n) is 13.8. The summed E-state index contributed by atoms with van der Waals surface area (Å²) in [5.74, 6) is -0.689. The first kappa shape index (κ1) is 15.9. The van der Waals surface area contributed by atoms with E-state index in [2.05, 4.69) is 6.72 Å². The smallest absolute Gasteiger partial charge is 0.402 e. The van der Waals surface area contributed by atoms with Gasteiger partial charge in [0.25, 0.3) is 0 Å². The van der Waals surface area contributed by atoms with E-state index in [1.54, 1.807) is 18.2 Å². The van der Waals surface area contributed by atoms with Crippen molar-refractivity contribution in [2.75, 3.05) is 0 Å². The molecule has 0 saturated carbocycles. The summed E-state index contributed by atoms with van der Waals surface area (Å²) in [7, 11) is 0. The van der Waals surface area contributed by atoms with E-state index in [1.807, 2.05) is 26.8 Å². The van der Waals surface area contributed by atoms with Gasteiger partial charge in [0.15, 0.2) is 0 Å². The van der Waals surface area contributed by atoms with Crippen LogP contribution in [0.1, 0.15) is 22.3 Å². The van der Waals surface area contributed by atoms with E-state index in [4.69, 9.17) is 4.42 Å². The first-order valence-corrected chi connectivity index (χ1v) is 7.56. The van der Waals surface area contributed by atoms with Crippen LogP contribution in [0.4, 0.5) is 0 Å². The van der Waals surface area contributed by atoms with Crippen LogP contribution >= 0.6 is 0 Å². The fourth-order valence-corrected chi connectivity index (χ4v) is 2.87. The Morgan fingerprint density at radius 3 is 2.54 bits per heavy atom. The second-order valence-corrected chi connectivity index (χ2v) is 6.07. The molecule has 0 N–H and O–H groups in total. The molecule has 0 aliphatic rings. The van der Waals surface area contributed by atoms with Crippen LogP contribution in [-0.2, 0) is 11.2 Å². The third kappa shape index (κ3) is 2.48. The number of hydrogen-bond donors (Lipinski definition) is 0. The summed E-state index contributed by atoms with van der Waals surface area (Å²) in [5.41, 5.74) is 3.95. The Morgan fingerprint density at radius 1 is 1.17 bits per heavy atom. The molecule has 0 aliphatic carbocycles. The fraction of sp³-hybridized carbons (Fsp3) is 0.211. The Labute approximate surface area is 138 Å². The normalized spacial score (nSPS) is 11.1. The summed E-state index contributed by atoms with van der Waals surface area (Å²) in [6.45, 7) is 8.73. The Balaban J connectivity index is 2.41. The first-order chi connectivity index (χ1) is 11.3. The zero-order chi connectivity index (χ0) is 17.6. The van der Waals surface area contributed by atoms with E-state index in [-0.39, 0.29) is 16.6 Å². The third-order valence-corrected chi connectivity index (χ3v) is 4.30. The van der Waals surface area contributed by atoms with Crippen molar-refractivity contribution >= 4 is 34.6 Å². The van der Waals surface area contributed by atoms with E-state index in [0.717, 1.165) is 16.7 Å². The van der Waals surface area contributed by atoms with Crippen molar-refractivity contribution in [2.45, 2.75) is 27.2 Å². The maximum Gasteiger partial charge on any atom is 0.402 e. The van der Waals surface area contributed by atoms with Gasteiger partial charge < -0.3 is 9.62 Å². The molecule has 3 aromatic rings. The number of amides is 1. The molecule has 0 fully saturated rings. The SMILES string of the molecule is C=[N+]([O-])C(=O)Cc1cc(C)cc2c(=O)c3ccc(C)c(C)c3oc12. The van der Waals surface area contributed by atoms with Crippen molar-refractivity contribution in [1.29, 1.82) is 0 Å². The van der Waals surface area contributed by atoms with Crippen LogP contribution in [0.2, 0.25) is 0 Å². The molecule has 2 aromatic carbocycles. The van der Waals surface area contributed by atoms with Gasteiger partial charge in [0, 0.05) is 5.56 Å². The number of benzene rings is 2. The summed E-state index contributed by atoms with van der Waals surface area (Å²) in [6, 6.07) is 7.14. The van der Waals surface area contributed by atoms with Crippen LogP contribution in [0.25, 0.3) is 21.9 Å². The molecule has 3 rings (SSSR count). The predicted molar refractivity (Wildman–Crippen MR) is 93.7 cm³/mol. The van der Waals surface area contributed by atoms with Crippen LogP contribution in [0.3, 0.4) is 0 Å². The Bertz CT molecular complexity index is 1080. The van der Waals surface area contributed by atoms with Gasteiger partial charge in [-0.05, 0) is 49.6 Å². The quantitative estimate of drug-likeness (QED) is 0.239. The molecule has 0 saturated heterocycles. The van der Waals surface area contributed by atoms with Crippen LogP contribution in [0, 0.1) is 26.0 Å². The number of hydrogen-bond acceptors (Lipinski definition) is 4. The summed E-state index contributed by atoms with van der Waals surface area (Å²) in [6.07, 6.45) is -0.162. The van der Waals surface area contributed by atoms with Gasteiger partial charge in [0.05, 0.1) is 10.8 Å². The second kappa shape index (κ2) is 5.60. The van der Waals surface area contributed by atoms with Crippen LogP contribution in [-0.4, -0.2) is 17.4 Å². The number of fused-ring (bicyclic) bond motifs is 2. The highest BCUT2D eigenvalue weighted by Gasteiger charge is 2.18. The second-order valence-electron chi connectivity index (χ2n) is 6.07. The molecular weight excluding hydrogens is 306 g/mol. The van der Waals surface area contributed by atoms with Crippen LogP contribution in [0.15, 0.2) is 33.5 Å². The largest absolute Gasteiger partial charge is 0.617 e. The van der Waals surface area contributed by atoms with Gasteiger partial charge in [-0.1, -0.05) is 12.1 Å². The highest BCUT2D eigenvalue weighted by Crippen LogP contribution is 2.27. The first-order valence-electron chi connectivity index (χ1n) is 7.56. The van der Waals surface area contributed by atoms with Gasteiger partial charge in [-0.25, -0.2) is 4.79 Å². The zero-order valence-corrected chi connectivity index (χ0v) is 13.8. The molecule has 24 heavy (non-hydrogen) atoms. The van der Waals surface area contributed by atoms with E-state index in [1.165, 1.54) is 0 Å². The highest BCUT2D eigenvalue weighted by molar-refractivity contribution is 5.94.